The van der Waals surface area contributed by atoms with E-state index in [-0.39, 0.29) is 12.8 Å². The fraction of sp³-hybridized carbons (Fsp3) is 0.312. The summed E-state index contributed by atoms with van der Waals surface area (Å²) in [6.45, 7) is 0.320. The summed E-state index contributed by atoms with van der Waals surface area (Å²) in [4.78, 5) is 26.8. The van der Waals surface area contributed by atoms with Crippen LogP contribution in [0.2, 0.25) is 0 Å². The van der Waals surface area contributed by atoms with Crippen molar-refractivity contribution in [2.45, 2.75) is 25.3 Å². The van der Waals surface area contributed by atoms with E-state index in [0.717, 1.165) is 0 Å². The summed E-state index contributed by atoms with van der Waals surface area (Å²) in [5, 5.41) is 18.3. The van der Waals surface area contributed by atoms with Crippen LogP contribution >= 0.6 is 0 Å². The first-order valence-corrected chi connectivity index (χ1v) is 8.01. The smallest absolute Gasteiger partial charge is 0.247 e. The standard InChI is InChI=1S/C16H18N6O4/c17-14(23)7-6-12(16-18-11-3-1-2-4-13(11)26-16)22-9-10(19-21-22)5-8-15(24)20-25/h1-5,12,25H,6-9H2,(H2,17,23)(H,20,24)/b10-5-. The molecule has 0 fully saturated rings. The van der Waals surface area contributed by atoms with Crippen molar-refractivity contribution in [3.8, 4) is 0 Å². The highest BCUT2D eigenvalue weighted by atomic mass is 16.5. The Morgan fingerprint density at radius 3 is 2.96 bits per heavy atom. The fourth-order valence-electron chi connectivity index (χ4n) is 2.59. The number of carbonyl (C=O) groups excluding carboxylic acids is 2. The van der Waals surface area contributed by atoms with Crippen LogP contribution in [0, 0.1) is 0 Å². The van der Waals surface area contributed by atoms with Crippen molar-refractivity contribution in [1.82, 2.24) is 15.5 Å². The lowest BCUT2D eigenvalue weighted by Crippen LogP contribution is -2.24. The number of rotatable bonds is 7. The van der Waals surface area contributed by atoms with E-state index in [1.807, 2.05) is 18.2 Å². The lowest BCUT2D eigenvalue weighted by Gasteiger charge is -2.21. The van der Waals surface area contributed by atoms with Crippen molar-refractivity contribution in [3.05, 3.63) is 41.9 Å². The topological polar surface area (TPSA) is 146 Å². The third-order valence-corrected chi connectivity index (χ3v) is 3.88. The number of hydrogen-bond acceptors (Lipinski definition) is 8. The molecule has 0 aliphatic carbocycles. The van der Waals surface area contributed by atoms with Gasteiger partial charge in [-0.25, -0.2) is 10.5 Å². The number of primary amides is 1. The normalized spacial score (nSPS) is 16.3. The van der Waals surface area contributed by atoms with Crippen molar-refractivity contribution >= 4 is 22.9 Å². The molecule has 2 heterocycles. The van der Waals surface area contributed by atoms with Gasteiger partial charge in [0.25, 0.3) is 0 Å². The zero-order chi connectivity index (χ0) is 18.5. The van der Waals surface area contributed by atoms with Crippen LogP contribution < -0.4 is 11.2 Å². The maximum atomic E-state index is 11.2. The molecule has 2 amide bonds. The van der Waals surface area contributed by atoms with Crippen molar-refractivity contribution in [3.63, 3.8) is 0 Å². The molecule has 0 saturated carbocycles. The molecule has 1 unspecified atom stereocenters. The molecule has 1 aliphatic rings. The second-order valence-corrected chi connectivity index (χ2v) is 5.76. The molecule has 2 aromatic rings. The molecule has 1 aromatic carbocycles. The number of para-hydroxylation sites is 2. The molecule has 1 atom stereocenters. The van der Waals surface area contributed by atoms with Crippen molar-refractivity contribution in [2.75, 3.05) is 6.54 Å². The summed E-state index contributed by atoms with van der Waals surface area (Å²) < 4.78 is 5.80. The Morgan fingerprint density at radius 2 is 2.23 bits per heavy atom. The van der Waals surface area contributed by atoms with Gasteiger partial charge in [0.15, 0.2) is 5.58 Å². The predicted molar refractivity (Wildman–Crippen MR) is 89.4 cm³/mol. The average molecular weight is 358 g/mol. The molecule has 3 rings (SSSR count). The number of amides is 2. The molecule has 1 aromatic heterocycles. The Labute approximate surface area is 148 Å². The molecule has 26 heavy (non-hydrogen) atoms. The summed E-state index contributed by atoms with van der Waals surface area (Å²) in [5.74, 6) is -0.561. The Morgan fingerprint density at radius 1 is 1.42 bits per heavy atom. The monoisotopic (exact) mass is 358 g/mol. The number of benzene rings is 1. The number of aromatic nitrogens is 1. The first-order valence-electron chi connectivity index (χ1n) is 8.01. The van der Waals surface area contributed by atoms with Crippen molar-refractivity contribution in [1.29, 1.82) is 0 Å². The minimum atomic E-state index is -0.546. The number of oxazole rings is 1. The molecule has 10 heteroatoms. The van der Waals surface area contributed by atoms with Gasteiger partial charge in [0, 0.05) is 12.8 Å². The van der Waals surface area contributed by atoms with Gasteiger partial charge in [0.1, 0.15) is 11.6 Å². The van der Waals surface area contributed by atoms with Gasteiger partial charge in [-0.05, 0) is 24.6 Å². The van der Waals surface area contributed by atoms with E-state index in [0.29, 0.717) is 35.7 Å². The van der Waals surface area contributed by atoms with Gasteiger partial charge < -0.3 is 10.2 Å². The van der Waals surface area contributed by atoms with Crippen LogP contribution in [0.3, 0.4) is 0 Å². The number of hydrogen-bond donors (Lipinski definition) is 3. The van der Waals surface area contributed by atoms with Gasteiger partial charge in [-0.2, -0.15) is 0 Å². The SMILES string of the molecule is NC(=O)CCC(c1nc2ccccc2o1)N1C/C(=C/CC(=O)NO)N=N1. The van der Waals surface area contributed by atoms with Gasteiger partial charge in [0.2, 0.25) is 17.7 Å². The predicted octanol–water partition coefficient (Wildman–Crippen LogP) is 1.60. The minimum Gasteiger partial charge on any atom is -0.438 e. The molecule has 4 N–H and O–H groups in total. The largest absolute Gasteiger partial charge is 0.438 e. The number of fused-ring (bicyclic) bond motifs is 1. The summed E-state index contributed by atoms with van der Waals surface area (Å²) in [7, 11) is 0. The van der Waals surface area contributed by atoms with Crippen molar-refractivity contribution in [2.24, 2.45) is 16.1 Å². The lowest BCUT2D eigenvalue weighted by molar-refractivity contribution is -0.128. The van der Waals surface area contributed by atoms with E-state index in [1.54, 1.807) is 22.6 Å². The highest BCUT2D eigenvalue weighted by molar-refractivity contribution is 5.76. The van der Waals surface area contributed by atoms with Gasteiger partial charge >= 0.3 is 0 Å². The molecular weight excluding hydrogens is 340 g/mol. The first-order chi connectivity index (χ1) is 12.6. The zero-order valence-electron chi connectivity index (χ0n) is 13.8. The number of carbonyl (C=O) groups is 2. The van der Waals surface area contributed by atoms with Crippen LogP contribution in [0.15, 0.2) is 50.8 Å². The van der Waals surface area contributed by atoms with Crippen molar-refractivity contribution < 1.29 is 19.2 Å². The van der Waals surface area contributed by atoms with Gasteiger partial charge in [-0.3, -0.25) is 19.8 Å². The van der Waals surface area contributed by atoms with Crippen LogP contribution in [-0.2, 0) is 9.59 Å². The summed E-state index contributed by atoms with van der Waals surface area (Å²) in [6, 6.07) is 6.92. The molecule has 0 spiro atoms. The van der Waals surface area contributed by atoms with E-state index in [9.17, 15) is 9.59 Å². The molecule has 10 nitrogen and oxygen atoms in total. The van der Waals surface area contributed by atoms with E-state index in [4.69, 9.17) is 15.4 Å². The summed E-state index contributed by atoms with van der Waals surface area (Å²) in [6.07, 6.45) is 2.05. The highest BCUT2D eigenvalue weighted by Crippen LogP contribution is 2.31. The van der Waals surface area contributed by atoms with Crippen LogP contribution in [0.25, 0.3) is 11.1 Å². The summed E-state index contributed by atoms with van der Waals surface area (Å²) >= 11 is 0. The quantitative estimate of drug-likeness (QED) is 0.506. The van der Waals surface area contributed by atoms with E-state index < -0.39 is 17.9 Å². The number of nitrogens with two attached hydrogens (primary N) is 1. The maximum absolute atomic E-state index is 11.2. The molecule has 1 aliphatic heterocycles. The van der Waals surface area contributed by atoms with Gasteiger partial charge in [-0.15, -0.1) is 5.11 Å². The van der Waals surface area contributed by atoms with E-state index in [2.05, 4.69) is 15.3 Å². The van der Waals surface area contributed by atoms with Crippen LogP contribution in [-0.4, -0.2) is 33.6 Å². The number of hydroxylamine groups is 1. The fourth-order valence-corrected chi connectivity index (χ4v) is 2.59. The van der Waals surface area contributed by atoms with E-state index >= 15 is 0 Å². The third kappa shape index (κ3) is 4.03. The van der Waals surface area contributed by atoms with Gasteiger partial charge in [-0.1, -0.05) is 17.4 Å². The summed E-state index contributed by atoms with van der Waals surface area (Å²) in [5.41, 5.74) is 8.73. The second-order valence-electron chi connectivity index (χ2n) is 5.76. The lowest BCUT2D eigenvalue weighted by atomic mass is 10.1. The van der Waals surface area contributed by atoms with Crippen LogP contribution in [0.1, 0.15) is 31.2 Å². The van der Waals surface area contributed by atoms with Gasteiger partial charge in [0.05, 0.1) is 12.2 Å². The highest BCUT2D eigenvalue weighted by Gasteiger charge is 2.29. The first kappa shape index (κ1) is 17.5. The maximum Gasteiger partial charge on any atom is 0.247 e. The Hall–Kier alpha value is -3.27. The van der Waals surface area contributed by atoms with E-state index in [1.165, 1.54) is 0 Å². The number of nitrogens with zero attached hydrogens (tertiary/aromatic N) is 4. The third-order valence-electron chi connectivity index (χ3n) is 3.88. The molecule has 0 radical (unpaired) electrons. The molecular formula is C16H18N6O4. The molecule has 0 saturated heterocycles. The Balaban J connectivity index is 1.79. The van der Waals surface area contributed by atoms with Crippen LogP contribution in [0.4, 0.5) is 0 Å². The average Bonchev–Trinajstić information content (AvgIpc) is 3.26. The Kier molecular flexibility index (Phi) is 5.23. The minimum absolute atomic E-state index is 0.0203. The zero-order valence-corrected chi connectivity index (χ0v) is 13.8. The Bertz CT molecular complexity index is 842. The number of nitrogens with one attached hydrogen (secondary N) is 1. The molecule has 0 bridgehead atoms. The second kappa shape index (κ2) is 7.74. The molecule has 136 valence electrons. The van der Waals surface area contributed by atoms with Crippen LogP contribution in [0.5, 0.6) is 0 Å².